The Kier molecular flexibility index (Phi) is 4.32. The van der Waals surface area contributed by atoms with Crippen molar-refractivity contribution in [2.24, 2.45) is 0 Å². The second-order valence-corrected chi connectivity index (χ2v) is 4.40. The lowest BCUT2D eigenvalue weighted by atomic mass is 10.2. The lowest BCUT2D eigenvalue weighted by molar-refractivity contribution is 0.0966. The highest BCUT2D eigenvalue weighted by atomic mass is 16.2. The van der Waals surface area contributed by atoms with E-state index >= 15 is 0 Å². The number of urea groups is 1. The highest BCUT2D eigenvalue weighted by Gasteiger charge is 2.18. The second kappa shape index (κ2) is 6.35. The minimum atomic E-state index is -0.782. The predicted octanol–water partition coefficient (Wildman–Crippen LogP) is 2.83. The average Bonchev–Trinajstić information content (AvgIpc) is 2.50. The molecule has 5 heteroatoms. The first-order chi connectivity index (χ1) is 10.1. The van der Waals surface area contributed by atoms with E-state index < -0.39 is 11.9 Å². The van der Waals surface area contributed by atoms with Crippen molar-refractivity contribution < 1.29 is 9.59 Å². The Hall–Kier alpha value is -3.13. The first-order valence-corrected chi connectivity index (χ1v) is 6.28. The van der Waals surface area contributed by atoms with Crippen molar-refractivity contribution in [3.63, 3.8) is 0 Å². The molecule has 2 aromatic rings. The molecular formula is C16H13N3O2. The minimum absolute atomic E-state index is 0.354. The number of imide groups is 1. The number of amides is 3. The van der Waals surface area contributed by atoms with Gasteiger partial charge < -0.3 is 0 Å². The third-order valence-electron chi connectivity index (χ3n) is 2.85. The molecule has 0 radical (unpaired) electrons. The van der Waals surface area contributed by atoms with Gasteiger partial charge in [-0.05, 0) is 31.2 Å². The van der Waals surface area contributed by atoms with Crippen LogP contribution in [-0.4, -0.2) is 11.9 Å². The van der Waals surface area contributed by atoms with Gasteiger partial charge in [0.15, 0.2) is 6.19 Å². The van der Waals surface area contributed by atoms with Crippen molar-refractivity contribution in [3.05, 3.63) is 65.7 Å². The highest BCUT2D eigenvalue weighted by Crippen LogP contribution is 2.14. The fourth-order valence-corrected chi connectivity index (χ4v) is 1.73. The SMILES string of the molecule is Cc1ccc(N(C#N)C(=O)NC(=O)c2ccccc2)cc1. The van der Waals surface area contributed by atoms with Crippen molar-refractivity contribution in [2.75, 3.05) is 4.90 Å². The van der Waals surface area contributed by atoms with E-state index in [1.165, 1.54) is 0 Å². The molecule has 0 aliphatic carbocycles. The van der Waals surface area contributed by atoms with Crippen LogP contribution < -0.4 is 10.2 Å². The smallest absolute Gasteiger partial charge is 0.273 e. The van der Waals surface area contributed by atoms with Crippen LogP contribution in [0.15, 0.2) is 54.6 Å². The van der Waals surface area contributed by atoms with Crippen LogP contribution in [0.25, 0.3) is 0 Å². The molecule has 5 nitrogen and oxygen atoms in total. The van der Waals surface area contributed by atoms with Crippen LogP contribution in [-0.2, 0) is 0 Å². The molecule has 104 valence electrons. The first-order valence-electron chi connectivity index (χ1n) is 6.28. The van der Waals surface area contributed by atoms with Crippen LogP contribution in [0.5, 0.6) is 0 Å². The van der Waals surface area contributed by atoms with Crippen LogP contribution in [0.3, 0.4) is 0 Å². The Labute approximate surface area is 122 Å². The molecule has 1 N–H and O–H groups in total. The van der Waals surface area contributed by atoms with Crippen LogP contribution in [0.1, 0.15) is 15.9 Å². The Bertz CT molecular complexity index is 688. The van der Waals surface area contributed by atoms with E-state index in [1.807, 2.05) is 6.92 Å². The van der Waals surface area contributed by atoms with E-state index in [4.69, 9.17) is 5.26 Å². The molecule has 0 unspecified atom stereocenters. The normalized spacial score (nSPS) is 9.52. The lowest BCUT2D eigenvalue weighted by Crippen LogP contribution is -2.40. The number of nitrogens with one attached hydrogen (secondary N) is 1. The Balaban J connectivity index is 2.13. The molecule has 0 fully saturated rings. The molecule has 0 atom stereocenters. The Morgan fingerprint density at radius 3 is 2.24 bits per heavy atom. The lowest BCUT2D eigenvalue weighted by Gasteiger charge is -2.14. The zero-order valence-corrected chi connectivity index (χ0v) is 11.4. The van der Waals surface area contributed by atoms with Crippen molar-refractivity contribution in [1.29, 1.82) is 5.26 Å². The summed E-state index contributed by atoms with van der Waals surface area (Å²) in [6.45, 7) is 1.90. The topological polar surface area (TPSA) is 73.2 Å². The van der Waals surface area contributed by atoms with Gasteiger partial charge in [0, 0.05) is 5.56 Å². The second-order valence-electron chi connectivity index (χ2n) is 4.40. The number of aryl methyl sites for hydroxylation is 1. The third-order valence-corrected chi connectivity index (χ3v) is 2.85. The van der Waals surface area contributed by atoms with Crippen molar-refractivity contribution >= 4 is 17.6 Å². The number of hydrogen-bond acceptors (Lipinski definition) is 3. The third kappa shape index (κ3) is 3.45. The van der Waals surface area contributed by atoms with Crippen LogP contribution in [0.2, 0.25) is 0 Å². The predicted molar refractivity (Wildman–Crippen MR) is 78.6 cm³/mol. The molecule has 0 aliphatic rings. The number of benzene rings is 2. The quantitative estimate of drug-likeness (QED) is 0.678. The van der Waals surface area contributed by atoms with E-state index in [0.29, 0.717) is 11.3 Å². The summed E-state index contributed by atoms with van der Waals surface area (Å²) in [7, 11) is 0. The van der Waals surface area contributed by atoms with Crippen molar-refractivity contribution in [2.45, 2.75) is 6.92 Å². The standard InChI is InChI=1S/C16H13N3O2/c1-12-7-9-14(10-8-12)19(11-17)16(21)18-15(20)13-5-3-2-4-6-13/h2-10H,1H3,(H,18,20,21). The van der Waals surface area contributed by atoms with Gasteiger partial charge in [0.25, 0.3) is 5.91 Å². The molecule has 21 heavy (non-hydrogen) atoms. The summed E-state index contributed by atoms with van der Waals surface area (Å²) in [4.78, 5) is 24.7. The fourth-order valence-electron chi connectivity index (χ4n) is 1.73. The summed E-state index contributed by atoms with van der Waals surface area (Å²) >= 11 is 0. The number of rotatable bonds is 2. The molecule has 0 aliphatic heterocycles. The van der Waals surface area contributed by atoms with Gasteiger partial charge in [0.2, 0.25) is 0 Å². The van der Waals surface area contributed by atoms with Gasteiger partial charge in [-0.3, -0.25) is 10.1 Å². The monoisotopic (exact) mass is 279 g/mol. The van der Waals surface area contributed by atoms with Gasteiger partial charge in [0.05, 0.1) is 5.69 Å². The number of nitrogens with zero attached hydrogens (tertiary/aromatic N) is 2. The van der Waals surface area contributed by atoms with Gasteiger partial charge in [-0.2, -0.15) is 10.2 Å². The van der Waals surface area contributed by atoms with Gasteiger partial charge >= 0.3 is 6.03 Å². The molecule has 0 saturated carbocycles. The van der Waals surface area contributed by atoms with Gasteiger partial charge in [-0.15, -0.1) is 0 Å². The zero-order chi connectivity index (χ0) is 15.2. The van der Waals surface area contributed by atoms with E-state index in [9.17, 15) is 9.59 Å². The number of carbonyl (C=O) groups excluding carboxylic acids is 2. The number of nitriles is 1. The maximum atomic E-state index is 12.0. The number of anilines is 1. The molecule has 0 bridgehead atoms. The van der Waals surface area contributed by atoms with Gasteiger partial charge in [0.1, 0.15) is 0 Å². The fraction of sp³-hybridized carbons (Fsp3) is 0.0625. The van der Waals surface area contributed by atoms with Crippen LogP contribution in [0.4, 0.5) is 10.5 Å². The molecule has 0 heterocycles. The maximum absolute atomic E-state index is 12.0. The summed E-state index contributed by atoms with van der Waals surface area (Å²) < 4.78 is 0. The zero-order valence-electron chi connectivity index (χ0n) is 11.4. The van der Waals surface area contributed by atoms with Crippen LogP contribution in [0, 0.1) is 18.4 Å². The number of hydrogen-bond donors (Lipinski definition) is 1. The average molecular weight is 279 g/mol. The molecule has 3 amide bonds. The summed E-state index contributed by atoms with van der Waals surface area (Å²) in [5.74, 6) is -0.548. The molecule has 0 spiro atoms. The largest absolute Gasteiger partial charge is 0.342 e. The summed E-state index contributed by atoms with van der Waals surface area (Å²) in [5.41, 5.74) is 1.77. The van der Waals surface area contributed by atoms with E-state index in [0.717, 1.165) is 10.5 Å². The van der Waals surface area contributed by atoms with Gasteiger partial charge in [-0.1, -0.05) is 35.9 Å². The molecular weight excluding hydrogens is 266 g/mol. The summed E-state index contributed by atoms with van der Waals surface area (Å²) in [6, 6.07) is 14.4. The van der Waals surface area contributed by atoms with Crippen LogP contribution >= 0.6 is 0 Å². The van der Waals surface area contributed by atoms with E-state index in [1.54, 1.807) is 60.8 Å². The Morgan fingerprint density at radius 2 is 1.67 bits per heavy atom. The van der Waals surface area contributed by atoms with Crippen molar-refractivity contribution in [3.8, 4) is 6.19 Å². The van der Waals surface area contributed by atoms with E-state index in [2.05, 4.69) is 5.32 Å². The van der Waals surface area contributed by atoms with Crippen molar-refractivity contribution in [1.82, 2.24) is 5.32 Å². The molecule has 2 rings (SSSR count). The minimum Gasteiger partial charge on any atom is -0.273 e. The first kappa shape index (κ1) is 14.3. The van der Waals surface area contributed by atoms with Gasteiger partial charge in [-0.25, -0.2) is 4.79 Å². The number of carbonyl (C=O) groups is 2. The highest BCUT2D eigenvalue weighted by molar-refractivity contribution is 6.09. The Morgan fingerprint density at radius 1 is 1.05 bits per heavy atom. The molecule has 0 saturated heterocycles. The van der Waals surface area contributed by atoms with E-state index in [-0.39, 0.29) is 0 Å². The summed E-state index contributed by atoms with van der Waals surface area (Å²) in [5, 5.41) is 11.3. The molecule has 0 aromatic heterocycles. The maximum Gasteiger partial charge on any atom is 0.342 e. The molecule has 2 aromatic carbocycles. The summed E-state index contributed by atoms with van der Waals surface area (Å²) in [6.07, 6.45) is 1.76.